The lowest BCUT2D eigenvalue weighted by Crippen LogP contribution is -2.36. The molecule has 126 valence electrons. The van der Waals surface area contributed by atoms with E-state index in [9.17, 15) is 10.2 Å². The fourth-order valence-corrected chi connectivity index (χ4v) is 2.70. The van der Waals surface area contributed by atoms with Crippen molar-refractivity contribution in [2.24, 2.45) is 0 Å². The molecule has 10 heteroatoms. The largest absolute Gasteiger partial charge is 0.394 e. The predicted octanol–water partition coefficient (Wildman–Crippen LogP) is -0.963. The van der Waals surface area contributed by atoms with Crippen molar-refractivity contribution >= 4 is 22.9 Å². The maximum Gasteiger partial charge on any atom is 0.224 e. The smallest absolute Gasteiger partial charge is 0.224 e. The molecule has 23 heavy (non-hydrogen) atoms. The molecule has 0 radical (unpaired) electrons. The zero-order valence-electron chi connectivity index (χ0n) is 12.7. The van der Waals surface area contributed by atoms with Crippen LogP contribution in [0.3, 0.4) is 0 Å². The highest BCUT2D eigenvalue weighted by Gasteiger charge is 2.45. The number of hydrogen-bond acceptors (Lipinski definition) is 9. The van der Waals surface area contributed by atoms with Gasteiger partial charge in [-0.2, -0.15) is 9.97 Å². The molecule has 0 aromatic carbocycles. The van der Waals surface area contributed by atoms with Crippen LogP contribution in [0.25, 0.3) is 11.2 Å². The van der Waals surface area contributed by atoms with E-state index >= 15 is 0 Å². The van der Waals surface area contributed by atoms with Crippen molar-refractivity contribution in [3.63, 3.8) is 0 Å². The van der Waals surface area contributed by atoms with Gasteiger partial charge in [-0.1, -0.05) is 6.92 Å². The van der Waals surface area contributed by atoms with Gasteiger partial charge in [-0.15, -0.1) is 0 Å². The summed E-state index contributed by atoms with van der Waals surface area (Å²) in [6.45, 7) is 2.15. The summed E-state index contributed by atoms with van der Waals surface area (Å²) >= 11 is 0. The molecule has 10 nitrogen and oxygen atoms in total. The van der Waals surface area contributed by atoms with Crippen LogP contribution in [-0.4, -0.2) is 61.3 Å². The van der Waals surface area contributed by atoms with E-state index in [1.807, 2.05) is 6.92 Å². The average molecular weight is 324 g/mol. The molecule has 3 heterocycles. The Hall–Kier alpha value is -2.01. The lowest BCUT2D eigenvalue weighted by molar-refractivity contribution is -0.0603. The number of ether oxygens (including phenoxy) is 2. The van der Waals surface area contributed by atoms with Gasteiger partial charge in [0, 0.05) is 6.61 Å². The van der Waals surface area contributed by atoms with E-state index in [0.717, 1.165) is 6.42 Å². The van der Waals surface area contributed by atoms with Crippen LogP contribution in [0.15, 0.2) is 6.33 Å². The Bertz CT molecular complexity index is 692. The first-order valence-electron chi connectivity index (χ1n) is 7.38. The van der Waals surface area contributed by atoms with E-state index in [0.29, 0.717) is 17.8 Å². The fraction of sp³-hybridized carbons (Fsp3) is 0.615. The van der Waals surface area contributed by atoms with Gasteiger partial charge in [0.15, 0.2) is 17.7 Å². The Labute approximate surface area is 132 Å². The van der Waals surface area contributed by atoms with Crippen LogP contribution >= 0.6 is 0 Å². The van der Waals surface area contributed by atoms with Crippen LogP contribution in [0.5, 0.6) is 0 Å². The van der Waals surface area contributed by atoms with E-state index in [1.165, 1.54) is 10.9 Å². The average Bonchev–Trinajstić information content (AvgIpc) is 3.06. The molecule has 0 unspecified atom stereocenters. The van der Waals surface area contributed by atoms with Gasteiger partial charge < -0.3 is 31.2 Å². The summed E-state index contributed by atoms with van der Waals surface area (Å²) in [6, 6.07) is 0. The minimum Gasteiger partial charge on any atom is -0.394 e. The first-order chi connectivity index (χ1) is 11.1. The molecule has 1 fully saturated rings. The molecule has 0 spiro atoms. The van der Waals surface area contributed by atoms with Crippen molar-refractivity contribution in [1.29, 1.82) is 0 Å². The molecule has 4 atom stereocenters. The summed E-state index contributed by atoms with van der Waals surface area (Å²) in [7, 11) is 0. The molecule has 0 amide bonds. The van der Waals surface area contributed by atoms with Gasteiger partial charge in [0.2, 0.25) is 5.95 Å². The highest BCUT2D eigenvalue weighted by molar-refractivity contribution is 5.82. The van der Waals surface area contributed by atoms with Crippen molar-refractivity contribution in [3.05, 3.63) is 6.33 Å². The van der Waals surface area contributed by atoms with Gasteiger partial charge in [0.25, 0.3) is 0 Å². The van der Waals surface area contributed by atoms with Crippen LogP contribution < -0.4 is 11.5 Å². The number of aliphatic hydroxyl groups excluding tert-OH is 2. The number of aromatic nitrogens is 4. The fourth-order valence-electron chi connectivity index (χ4n) is 2.70. The van der Waals surface area contributed by atoms with Gasteiger partial charge in [-0.25, -0.2) is 4.98 Å². The van der Waals surface area contributed by atoms with E-state index in [1.54, 1.807) is 0 Å². The second-order valence-electron chi connectivity index (χ2n) is 5.36. The number of nitrogen functional groups attached to an aromatic ring is 2. The topological polar surface area (TPSA) is 155 Å². The lowest BCUT2D eigenvalue weighted by atomic mass is 10.1. The first kappa shape index (κ1) is 15.9. The van der Waals surface area contributed by atoms with Gasteiger partial charge in [-0.05, 0) is 6.42 Å². The van der Waals surface area contributed by atoms with Crippen LogP contribution in [0.4, 0.5) is 11.8 Å². The number of hydrogen-bond donors (Lipinski definition) is 4. The van der Waals surface area contributed by atoms with Crippen molar-refractivity contribution in [2.45, 2.75) is 37.9 Å². The summed E-state index contributed by atoms with van der Waals surface area (Å²) < 4.78 is 12.8. The van der Waals surface area contributed by atoms with E-state index in [4.69, 9.17) is 20.9 Å². The third kappa shape index (κ3) is 2.70. The number of aliphatic hydroxyl groups is 2. The number of nitrogens with zero attached hydrogens (tertiary/aromatic N) is 4. The van der Waals surface area contributed by atoms with Crippen LogP contribution in [0.2, 0.25) is 0 Å². The Kier molecular flexibility index (Phi) is 4.31. The molecule has 3 rings (SSSR count). The Morgan fingerprint density at radius 3 is 2.87 bits per heavy atom. The number of imidazole rings is 1. The van der Waals surface area contributed by atoms with E-state index in [2.05, 4.69) is 15.0 Å². The van der Waals surface area contributed by atoms with Crippen LogP contribution in [0, 0.1) is 0 Å². The molecular formula is C13H20N6O4. The molecule has 1 aliphatic heterocycles. The summed E-state index contributed by atoms with van der Waals surface area (Å²) in [6.07, 6.45) is -0.851. The van der Waals surface area contributed by atoms with E-state index < -0.39 is 24.5 Å². The van der Waals surface area contributed by atoms with Crippen molar-refractivity contribution < 1.29 is 19.7 Å². The number of fused-ring (bicyclic) bond motifs is 1. The molecule has 0 bridgehead atoms. The number of rotatable bonds is 5. The lowest BCUT2D eigenvalue weighted by Gasteiger charge is -2.19. The third-order valence-electron chi connectivity index (χ3n) is 3.74. The van der Waals surface area contributed by atoms with Gasteiger partial charge in [0.05, 0.1) is 12.9 Å². The molecule has 0 aliphatic carbocycles. The van der Waals surface area contributed by atoms with Gasteiger partial charge >= 0.3 is 0 Å². The molecule has 0 saturated carbocycles. The monoisotopic (exact) mass is 324 g/mol. The molecule has 2 aromatic rings. The highest BCUT2D eigenvalue weighted by Crippen LogP contribution is 2.33. The molecule has 1 saturated heterocycles. The zero-order valence-corrected chi connectivity index (χ0v) is 12.7. The summed E-state index contributed by atoms with van der Waals surface area (Å²) in [5.74, 6) is 0.151. The normalized spacial score (nSPS) is 27.8. The minimum atomic E-state index is -0.992. The summed E-state index contributed by atoms with van der Waals surface area (Å²) in [5.41, 5.74) is 12.1. The second-order valence-corrected chi connectivity index (χ2v) is 5.36. The number of anilines is 2. The second kappa shape index (κ2) is 6.24. The quantitative estimate of drug-likeness (QED) is 0.544. The standard InChI is InChI=1S/C13H20N6O4/c1-2-3-22-9-6(4-20)23-12(8(9)21)19-5-16-7-10(14)17-13(15)18-11(7)19/h5-6,8-9,12,20-21H,2-4H2,1H3,(H4,14,15,17,18)/t6-,8-,9-,12-/m1/s1. The Balaban J connectivity index is 1.95. The Morgan fingerprint density at radius 1 is 1.39 bits per heavy atom. The van der Waals surface area contributed by atoms with Crippen LogP contribution in [-0.2, 0) is 9.47 Å². The van der Waals surface area contributed by atoms with Gasteiger partial charge in [-0.3, -0.25) is 4.57 Å². The van der Waals surface area contributed by atoms with Crippen molar-refractivity contribution in [2.75, 3.05) is 24.7 Å². The molecule has 2 aromatic heterocycles. The van der Waals surface area contributed by atoms with E-state index in [-0.39, 0.29) is 18.4 Å². The Morgan fingerprint density at radius 2 is 2.17 bits per heavy atom. The molecule has 1 aliphatic rings. The summed E-state index contributed by atoms with van der Waals surface area (Å²) in [4.78, 5) is 12.1. The zero-order chi connectivity index (χ0) is 16.6. The maximum absolute atomic E-state index is 10.5. The first-order valence-corrected chi connectivity index (χ1v) is 7.38. The minimum absolute atomic E-state index is 0.00160. The van der Waals surface area contributed by atoms with Crippen LogP contribution in [0.1, 0.15) is 19.6 Å². The number of nitrogens with two attached hydrogens (primary N) is 2. The maximum atomic E-state index is 10.5. The third-order valence-corrected chi connectivity index (χ3v) is 3.74. The van der Waals surface area contributed by atoms with Crippen molar-refractivity contribution in [1.82, 2.24) is 19.5 Å². The predicted molar refractivity (Wildman–Crippen MR) is 81.2 cm³/mol. The summed E-state index contributed by atoms with van der Waals surface area (Å²) in [5, 5.41) is 20.0. The van der Waals surface area contributed by atoms with Gasteiger partial charge in [0.1, 0.15) is 23.8 Å². The van der Waals surface area contributed by atoms with Crippen molar-refractivity contribution in [3.8, 4) is 0 Å². The SMILES string of the molecule is CCCO[C@H]1[C@@H](O)[C@H](n2cnc3c(N)nc(N)nc32)O[C@@H]1CO. The highest BCUT2D eigenvalue weighted by atomic mass is 16.6. The molecular weight excluding hydrogens is 304 g/mol. The molecule has 6 N–H and O–H groups in total.